The van der Waals surface area contributed by atoms with E-state index in [4.69, 9.17) is 16.3 Å². The second kappa shape index (κ2) is 9.24. The molecule has 0 fully saturated rings. The Morgan fingerprint density at radius 1 is 1.09 bits per heavy atom. The fourth-order valence-corrected chi connectivity index (χ4v) is 3.52. The molecule has 2 amide bonds. The number of rotatable bonds is 5. The third-order valence-corrected chi connectivity index (χ3v) is 5.35. The highest BCUT2D eigenvalue weighted by molar-refractivity contribution is 6.32. The molecule has 7 heteroatoms. The monoisotopic (exact) mass is 450 g/mol. The predicted octanol–water partition coefficient (Wildman–Crippen LogP) is 4.87. The number of amides is 2. The second-order valence-electron chi connectivity index (χ2n) is 7.37. The van der Waals surface area contributed by atoms with E-state index in [-0.39, 0.29) is 28.8 Å². The zero-order valence-corrected chi connectivity index (χ0v) is 18.0. The maximum absolute atomic E-state index is 14.2. The number of carbonyl (C=O) groups excluding carboxylic acids is 2. The van der Waals surface area contributed by atoms with Crippen LogP contribution in [0.25, 0.3) is 6.08 Å². The van der Waals surface area contributed by atoms with E-state index in [2.05, 4.69) is 5.32 Å². The molecule has 1 aliphatic rings. The lowest BCUT2D eigenvalue weighted by Gasteiger charge is -2.30. The van der Waals surface area contributed by atoms with Crippen molar-refractivity contribution in [1.29, 1.82) is 0 Å². The molecule has 0 saturated heterocycles. The normalized spacial score (nSPS) is 14.2. The number of nitrogens with one attached hydrogen (secondary N) is 1. The maximum atomic E-state index is 14.2. The van der Waals surface area contributed by atoms with Gasteiger partial charge in [0.1, 0.15) is 12.4 Å². The summed E-state index contributed by atoms with van der Waals surface area (Å²) >= 11 is 6.10. The highest BCUT2D eigenvalue weighted by atomic mass is 35.5. The summed E-state index contributed by atoms with van der Waals surface area (Å²) in [6.45, 7) is 2.11. The van der Waals surface area contributed by atoms with Crippen molar-refractivity contribution in [3.63, 3.8) is 0 Å². The van der Waals surface area contributed by atoms with Gasteiger partial charge in [0.25, 0.3) is 5.91 Å². The van der Waals surface area contributed by atoms with Gasteiger partial charge < -0.3 is 10.1 Å². The first-order valence-corrected chi connectivity index (χ1v) is 10.4. The Bertz CT molecular complexity index is 1190. The molecule has 1 N–H and O–H groups in total. The Hall–Kier alpha value is -3.64. The van der Waals surface area contributed by atoms with Crippen molar-refractivity contribution >= 4 is 35.2 Å². The highest BCUT2D eigenvalue weighted by Crippen LogP contribution is 2.36. The number of hydrogen-bond donors (Lipinski definition) is 1. The largest absolute Gasteiger partial charge is 0.449 e. The summed E-state index contributed by atoms with van der Waals surface area (Å²) < 4.78 is 20.0. The molecule has 3 aromatic rings. The van der Waals surface area contributed by atoms with Gasteiger partial charge in [-0.1, -0.05) is 59.6 Å². The third-order valence-electron chi connectivity index (χ3n) is 5.02. The van der Waals surface area contributed by atoms with Gasteiger partial charge in [0.05, 0.1) is 10.7 Å². The van der Waals surface area contributed by atoms with Crippen molar-refractivity contribution < 1.29 is 18.7 Å². The molecule has 0 atom stereocenters. The number of carbonyl (C=O) groups is 2. The first kappa shape index (κ1) is 21.6. The number of halogens is 2. The van der Waals surface area contributed by atoms with E-state index in [9.17, 15) is 14.0 Å². The molecule has 3 aromatic carbocycles. The van der Waals surface area contributed by atoms with E-state index in [1.165, 1.54) is 29.2 Å². The summed E-state index contributed by atoms with van der Waals surface area (Å²) in [7, 11) is 0. The number of aryl methyl sites for hydroxylation is 1. The fourth-order valence-electron chi connectivity index (χ4n) is 3.30. The Balaban J connectivity index is 1.57. The minimum absolute atomic E-state index is 0.0423. The molecule has 0 radical (unpaired) electrons. The SMILES string of the molecule is Cc1ccc(CNC(=O)CN2C(=O)C(=Cc3c(F)cccc3Cl)Oc3ccccc32)cc1. The molecule has 1 aliphatic heterocycles. The topological polar surface area (TPSA) is 58.6 Å². The van der Waals surface area contributed by atoms with E-state index in [0.717, 1.165) is 11.1 Å². The Morgan fingerprint density at radius 3 is 2.59 bits per heavy atom. The molecule has 162 valence electrons. The summed E-state index contributed by atoms with van der Waals surface area (Å²) in [5.74, 6) is -1.21. The highest BCUT2D eigenvalue weighted by Gasteiger charge is 2.32. The number of anilines is 1. The molecule has 4 rings (SSSR count). The lowest BCUT2D eigenvalue weighted by molar-refractivity contribution is -0.123. The first-order chi connectivity index (χ1) is 15.4. The van der Waals surface area contributed by atoms with E-state index in [0.29, 0.717) is 18.0 Å². The van der Waals surface area contributed by atoms with Crippen LogP contribution in [-0.4, -0.2) is 18.4 Å². The van der Waals surface area contributed by atoms with Gasteiger partial charge in [0.2, 0.25) is 5.91 Å². The summed E-state index contributed by atoms with van der Waals surface area (Å²) in [6.07, 6.45) is 1.26. The molecule has 0 saturated carbocycles. The zero-order chi connectivity index (χ0) is 22.7. The summed E-state index contributed by atoms with van der Waals surface area (Å²) in [4.78, 5) is 27.1. The predicted molar refractivity (Wildman–Crippen MR) is 122 cm³/mol. The van der Waals surface area contributed by atoms with Crippen LogP contribution in [-0.2, 0) is 16.1 Å². The van der Waals surface area contributed by atoms with Crippen LogP contribution in [0, 0.1) is 12.7 Å². The number of benzene rings is 3. The number of fused-ring (bicyclic) bond motifs is 1. The summed E-state index contributed by atoms with van der Waals surface area (Å²) in [5.41, 5.74) is 2.58. The van der Waals surface area contributed by atoms with Crippen LogP contribution in [0.3, 0.4) is 0 Å². The molecule has 32 heavy (non-hydrogen) atoms. The van der Waals surface area contributed by atoms with Crippen LogP contribution in [0.5, 0.6) is 5.75 Å². The minimum atomic E-state index is -0.581. The van der Waals surface area contributed by atoms with Crippen LogP contribution >= 0.6 is 11.6 Å². The molecular formula is C25H20ClFN2O3. The van der Waals surface area contributed by atoms with Crippen molar-refractivity contribution in [2.45, 2.75) is 13.5 Å². The fraction of sp³-hybridized carbons (Fsp3) is 0.120. The van der Waals surface area contributed by atoms with Gasteiger partial charge in [0.15, 0.2) is 11.5 Å². The number of hydrogen-bond acceptors (Lipinski definition) is 3. The maximum Gasteiger partial charge on any atom is 0.294 e. The molecule has 0 spiro atoms. The van der Waals surface area contributed by atoms with E-state index >= 15 is 0 Å². The second-order valence-corrected chi connectivity index (χ2v) is 7.77. The molecule has 0 aromatic heterocycles. The Morgan fingerprint density at radius 2 is 1.84 bits per heavy atom. The van der Waals surface area contributed by atoms with Crippen LogP contribution in [0.4, 0.5) is 10.1 Å². The molecule has 0 aliphatic carbocycles. The van der Waals surface area contributed by atoms with Gasteiger partial charge in [-0.05, 0) is 42.8 Å². The molecule has 0 bridgehead atoms. The minimum Gasteiger partial charge on any atom is -0.449 e. The summed E-state index contributed by atoms with van der Waals surface area (Å²) in [5, 5.41) is 2.97. The molecule has 1 heterocycles. The lowest BCUT2D eigenvalue weighted by atomic mass is 10.1. The quantitative estimate of drug-likeness (QED) is 0.564. The Kier molecular flexibility index (Phi) is 6.23. The first-order valence-electron chi connectivity index (χ1n) is 9.99. The Labute approximate surface area is 190 Å². The smallest absolute Gasteiger partial charge is 0.294 e. The van der Waals surface area contributed by atoms with Crippen LogP contribution < -0.4 is 15.0 Å². The van der Waals surface area contributed by atoms with Gasteiger partial charge in [-0.2, -0.15) is 0 Å². The van der Waals surface area contributed by atoms with E-state index < -0.39 is 11.7 Å². The van der Waals surface area contributed by atoms with Crippen LogP contribution in [0.15, 0.2) is 72.5 Å². The summed E-state index contributed by atoms with van der Waals surface area (Å²) in [6, 6.07) is 18.9. The average molecular weight is 451 g/mol. The number of nitrogens with zero attached hydrogens (tertiary/aromatic N) is 1. The van der Waals surface area contributed by atoms with Crippen molar-refractivity contribution in [2.75, 3.05) is 11.4 Å². The van der Waals surface area contributed by atoms with Gasteiger partial charge >= 0.3 is 0 Å². The van der Waals surface area contributed by atoms with Gasteiger partial charge in [-0.3, -0.25) is 14.5 Å². The molecule has 5 nitrogen and oxygen atoms in total. The standard InChI is InChI=1S/C25H20ClFN2O3/c1-16-9-11-17(12-10-16)14-28-24(30)15-29-21-7-2-3-8-22(21)32-23(25(29)31)13-18-19(26)5-4-6-20(18)27/h2-13H,14-15H2,1H3,(H,28,30). The number of para-hydroxylation sites is 2. The van der Waals surface area contributed by atoms with E-state index in [1.807, 2.05) is 31.2 Å². The van der Waals surface area contributed by atoms with Crippen molar-refractivity contribution in [1.82, 2.24) is 5.32 Å². The average Bonchev–Trinajstić information content (AvgIpc) is 2.78. The zero-order valence-electron chi connectivity index (χ0n) is 17.3. The van der Waals surface area contributed by atoms with Crippen molar-refractivity contribution in [3.05, 3.63) is 100 Å². The van der Waals surface area contributed by atoms with E-state index in [1.54, 1.807) is 24.3 Å². The van der Waals surface area contributed by atoms with Crippen LogP contribution in [0.1, 0.15) is 16.7 Å². The van der Waals surface area contributed by atoms with Gasteiger partial charge in [0, 0.05) is 12.1 Å². The van der Waals surface area contributed by atoms with Crippen LogP contribution in [0.2, 0.25) is 5.02 Å². The van der Waals surface area contributed by atoms with Crippen molar-refractivity contribution in [3.8, 4) is 5.75 Å². The third kappa shape index (κ3) is 4.65. The number of ether oxygens (including phenoxy) is 1. The lowest BCUT2D eigenvalue weighted by Crippen LogP contribution is -2.44. The van der Waals surface area contributed by atoms with Gasteiger partial charge in [-0.25, -0.2) is 4.39 Å². The molecule has 0 unspecified atom stereocenters. The molecular weight excluding hydrogens is 431 g/mol. The van der Waals surface area contributed by atoms with Gasteiger partial charge in [-0.15, -0.1) is 0 Å². The van der Waals surface area contributed by atoms with Crippen molar-refractivity contribution in [2.24, 2.45) is 0 Å².